The van der Waals surface area contributed by atoms with E-state index in [1.165, 1.54) is 0 Å². The molecule has 0 saturated carbocycles. The topological polar surface area (TPSA) is 20.2 Å². The van der Waals surface area contributed by atoms with Crippen molar-refractivity contribution in [3.05, 3.63) is 22.3 Å². The van der Waals surface area contributed by atoms with E-state index in [1.807, 2.05) is 10.2 Å². The Bertz CT molecular complexity index is 76.1. The molecule has 0 bridgehead atoms. The van der Waals surface area contributed by atoms with Gasteiger partial charge in [-0.15, -0.1) is 0 Å². The van der Waals surface area contributed by atoms with Crippen LogP contribution in [0, 0.1) is 0 Å². The highest BCUT2D eigenvalue weighted by Crippen LogP contribution is 1.83. The minimum absolute atomic E-state index is 0.126. The standard InChI is InChI=1S/C5H7IO/c6-4-2-1-3-5-7/h1-4,7H,5H2/b3-1+,4-2+. The highest BCUT2D eigenvalue weighted by atomic mass is 127. The number of halogens is 1. The molecule has 0 spiro atoms. The van der Waals surface area contributed by atoms with Crippen molar-refractivity contribution in [1.82, 2.24) is 0 Å². The maximum absolute atomic E-state index is 8.17. The summed E-state index contributed by atoms with van der Waals surface area (Å²) in [7, 11) is 0. The first-order valence-corrected chi connectivity index (χ1v) is 3.19. The predicted octanol–water partition coefficient (Wildman–Crippen LogP) is 1.48. The summed E-state index contributed by atoms with van der Waals surface area (Å²) in [4.78, 5) is 0. The Balaban J connectivity index is 3.09. The fraction of sp³-hybridized carbons (Fsp3) is 0.200. The molecular weight excluding hydrogens is 203 g/mol. The van der Waals surface area contributed by atoms with Crippen LogP contribution in [0.5, 0.6) is 0 Å². The van der Waals surface area contributed by atoms with Gasteiger partial charge < -0.3 is 5.11 Å². The van der Waals surface area contributed by atoms with Gasteiger partial charge >= 0.3 is 0 Å². The smallest absolute Gasteiger partial charge is 0.0615 e. The van der Waals surface area contributed by atoms with Crippen molar-refractivity contribution in [3.63, 3.8) is 0 Å². The molecule has 40 valence electrons. The molecule has 0 saturated heterocycles. The molecule has 0 rings (SSSR count). The van der Waals surface area contributed by atoms with E-state index in [0.29, 0.717) is 0 Å². The highest BCUT2D eigenvalue weighted by molar-refractivity contribution is 14.1. The SMILES string of the molecule is OC/C=C/C=C/I. The zero-order valence-electron chi connectivity index (χ0n) is 3.84. The quantitative estimate of drug-likeness (QED) is 0.540. The molecule has 0 aliphatic heterocycles. The maximum Gasteiger partial charge on any atom is 0.0615 e. The van der Waals surface area contributed by atoms with Gasteiger partial charge in [-0.25, -0.2) is 0 Å². The van der Waals surface area contributed by atoms with Crippen molar-refractivity contribution in [2.75, 3.05) is 6.61 Å². The van der Waals surface area contributed by atoms with Crippen LogP contribution in [0.1, 0.15) is 0 Å². The Morgan fingerprint density at radius 3 is 2.57 bits per heavy atom. The van der Waals surface area contributed by atoms with Crippen LogP contribution in [0.15, 0.2) is 22.3 Å². The maximum atomic E-state index is 8.17. The van der Waals surface area contributed by atoms with Crippen LogP contribution in [0.3, 0.4) is 0 Å². The fourth-order valence-corrected chi connectivity index (χ4v) is 0.421. The average Bonchev–Trinajstić information content (AvgIpc) is 1.69. The third-order valence-electron chi connectivity index (χ3n) is 0.425. The van der Waals surface area contributed by atoms with Crippen molar-refractivity contribution in [3.8, 4) is 0 Å². The molecule has 0 fully saturated rings. The van der Waals surface area contributed by atoms with Crippen LogP contribution in [0.2, 0.25) is 0 Å². The van der Waals surface area contributed by atoms with Crippen LogP contribution < -0.4 is 0 Å². The van der Waals surface area contributed by atoms with E-state index in [0.717, 1.165) is 0 Å². The lowest BCUT2D eigenvalue weighted by molar-refractivity contribution is 0.343. The molecule has 0 amide bonds. The van der Waals surface area contributed by atoms with Gasteiger partial charge in [0.1, 0.15) is 0 Å². The van der Waals surface area contributed by atoms with Gasteiger partial charge in [-0.3, -0.25) is 0 Å². The van der Waals surface area contributed by atoms with Crippen LogP contribution >= 0.6 is 22.6 Å². The number of rotatable bonds is 2. The van der Waals surface area contributed by atoms with E-state index in [4.69, 9.17) is 5.11 Å². The van der Waals surface area contributed by atoms with Crippen molar-refractivity contribution < 1.29 is 5.11 Å². The molecule has 0 heterocycles. The van der Waals surface area contributed by atoms with Crippen molar-refractivity contribution in [1.29, 1.82) is 0 Å². The van der Waals surface area contributed by atoms with Gasteiger partial charge in [0.15, 0.2) is 0 Å². The number of allylic oxidation sites excluding steroid dienone is 2. The minimum Gasteiger partial charge on any atom is -0.392 e. The third kappa shape index (κ3) is 6.17. The molecule has 0 aromatic carbocycles. The Kier molecular flexibility index (Phi) is 6.32. The molecule has 0 radical (unpaired) electrons. The van der Waals surface area contributed by atoms with Crippen LogP contribution in [-0.4, -0.2) is 11.7 Å². The summed E-state index contributed by atoms with van der Waals surface area (Å²) in [5, 5.41) is 8.17. The van der Waals surface area contributed by atoms with Crippen molar-refractivity contribution >= 4 is 22.6 Å². The van der Waals surface area contributed by atoms with Gasteiger partial charge in [0.25, 0.3) is 0 Å². The van der Waals surface area contributed by atoms with Gasteiger partial charge in [0.2, 0.25) is 0 Å². The molecule has 0 aromatic heterocycles. The zero-order valence-corrected chi connectivity index (χ0v) is 6.00. The number of hydrogen-bond acceptors (Lipinski definition) is 1. The second-order valence-corrected chi connectivity index (χ2v) is 1.65. The number of aliphatic hydroxyl groups is 1. The lowest BCUT2D eigenvalue weighted by Crippen LogP contribution is -1.66. The van der Waals surface area contributed by atoms with E-state index in [-0.39, 0.29) is 6.61 Å². The Morgan fingerprint density at radius 1 is 1.43 bits per heavy atom. The molecule has 2 heteroatoms. The zero-order chi connectivity index (χ0) is 5.54. The van der Waals surface area contributed by atoms with E-state index in [1.54, 1.807) is 12.2 Å². The van der Waals surface area contributed by atoms with Crippen molar-refractivity contribution in [2.24, 2.45) is 0 Å². The first kappa shape index (κ1) is 7.17. The third-order valence-corrected chi connectivity index (χ3v) is 0.841. The van der Waals surface area contributed by atoms with Gasteiger partial charge in [0, 0.05) is 0 Å². The second kappa shape index (κ2) is 6.17. The fourth-order valence-electron chi connectivity index (χ4n) is 0.181. The van der Waals surface area contributed by atoms with Crippen LogP contribution in [0.25, 0.3) is 0 Å². The normalized spacial score (nSPS) is 11.7. The summed E-state index contributed by atoms with van der Waals surface area (Å²) in [5.74, 6) is 0. The molecule has 0 unspecified atom stereocenters. The molecule has 1 N–H and O–H groups in total. The van der Waals surface area contributed by atoms with Crippen molar-refractivity contribution in [2.45, 2.75) is 0 Å². The number of aliphatic hydroxyl groups excluding tert-OH is 1. The Morgan fingerprint density at radius 2 is 2.14 bits per heavy atom. The summed E-state index contributed by atoms with van der Waals surface area (Å²) in [6.07, 6.45) is 5.33. The van der Waals surface area contributed by atoms with E-state index in [9.17, 15) is 0 Å². The molecular formula is C5H7IO. The molecule has 0 atom stereocenters. The van der Waals surface area contributed by atoms with Gasteiger partial charge in [0.05, 0.1) is 6.61 Å². The Labute approximate surface area is 56.9 Å². The van der Waals surface area contributed by atoms with E-state index >= 15 is 0 Å². The highest BCUT2D eigenvalue weighted by Gasteiger charge is 1.59. The van der Waals surface area contributed by atoms with Gasteiger partial charge in [-0.1, -0.05) is 40.8 Å². The first-order chi connectivity index (χ1) is 3.41. The summed E-state index contributed by atoms with van der Waals surface area (Å²) >= 11 is 2.11. The lowest BCUT2D eigenvalue weighted by atomic mass is 10.5. The average molecular weight is 210 g/mol. The largest absolute Gasteiger partial charge is 0.392 e. The summed E-state index contributed by atoms with van der Waals surface area (Å²) in [5.41, 5.74) is 0. The van der Waals surface area contributed by atoms with Gasteiger partial charge in [-0.05, 0) is 4.08 Å². The molecule has 0 aliphatic rings. The summed E-state index contributed by atoms with van der Waals surface area (Å²) in [6, 6.07) is 0. The lowest BCUT2D eigenvalue weighted by Gasteiger charge is -1.70. The molecule has 0 aromatic rings. The second-order valence-electron chi connectivity index (χ2n) is 0.929. The predicted molar refractivity (Wildman–Crippen MR) is 39.4 cm³/mol. The first-order valence-electron chi connectivity index (χ1n) is 1.94. The monoisotopic (exact) mass is 210 g/mol. The van der Waals surface area contributed by atoms with Gasteiger partial charge in [-0.2, -0.15) is 0 Å². The molecule has 1 nitrogen and oxygen atoms in total. The summed E-state index contributed by atoms with van der Waals surface area (Å²) in [6.45, 7) is 0.126. The van der Waals surface area contributed by atoms with Crippen LogP contribution in [-0.2, 0) is 0 Å². The summed E-state index contributed by atoms with van der Waals surface area (Å²) < 4.78 is 1.88. The van der Waals surface area contributed by atoms with Crippen LogP contribution in [0.4, 0.5) is 0 Å². The van der Waals surface area contributed by atoms with E-state index < -0.39 is 0 Å². The number of hydrogen-bond donors (Lipinski definition) is 1. The molecule has 0 aliphatic carbocycles. The minimum atomic E-state index is 0.126. The van der Waals surface area contributed by atoms with E-state index in [2.05, 4.69) is 22.6 Å². The Hall–Kier alpha value is 0.170. The molecule has 7 heavy (non-hydrogen) atoms.